The van der Waals surface area contributed by atoms with Crippen LogP contribution in [0.3, 0.4) is 0 Å². The quantitative estimate of drug-likeness (QED) is 0.619. The minimum Gasteiger partial charge on any atom is -0.485 e. The summed E-state index contributed by atoms with van der Waals surface area (Å²) in [7, 11) is 0. The second-order valence-corrected chi connectivity index (χ2v) is 6.93. The summed E-state index contributed by atoms with van der Waals surface area (Å²) in [5.41, 5.74) is 1.09. The van der Waals surface area contributed by atoms with E-state index < -0.39 is 0 Å². The Hall–Kier alpha value is -2.48. The third kappa shape index (κ3) is 4.86. The van der Waals surface area contributed by atoms with Crippen LogP contribution >= 0.6 is 11.6 Å². The summed E-state index contributed by atoms with van der Waals surface area (Å²) in [4.78, 5) is 6.58. The molecule has 1 aromatic heterocycles. The molecule has 0 amide bonds. The molecule has 0 unspecified atom stereocenters. The van der Waals surface area contributed by atoms with Crippen LogP contribution in [0.4, 0.5) is 4.39 Å². The van der Waals surface area contributed by atoms with Crippen LogP contribution in [-0.2, 0) is 17.9 Å². The van der Waals surface area contributed by atoms with E-state index in [1.54, 1.807) is 12.1 Å². The summed E-state index contributed by atoms with van der Waals surface area (Å²) < 4.78 is 29.7. The van der Waals surface area contributed by atoms with Crippen molar-refractivity contribution in [3.63, 3.8) is 0 Å². The lowest BCUT2D eigenvalue weighted by Gasteiger charge is -2.32. The van der Waals surface area contributed by atoms with Crippen molar-refractivity contribution in [2.24, 2.45) is 0 Å². The fourth-order valence-corrected chi connectivity index (χ4v) is 3.13. The number of hydrogen-bond acceptors (Lipinski definition) is 6. The highest BCUT2D eigenvalue weighted by Gasteiger charge is 2.23. The standard InChI is InChI=1S/C20H19ClFN3O3/c21-15-3-1-14(2-4-15)18-11-25(9-10-26-18)12-20-23-19(24-28-20)13-27-17-7-5-16(22)6-8-17/h1-8,18H,9-13H2/t18-/m0/s1. The molecule has 0 radical (unpaired) electrons. The summed E-state index contributed by atoms with van der Waals surface area (Å²) >= 11 is 5.95. The van der Waals surface area contributed by atoms with Gasteiger partial charge in [-0.05, 0) is 42.0 Å². The number of benzene rings is 2. The molecule has 8 heteroatoms. The lowest BCUT2D eigenvalue weighted by atomic mass is 10.1. The Morgan fingerprint density at radius 3 is 2.71 bits per heavy atom. The van der Waals surface area contributed by atoms with Gasteiger partial charge in [-0.25, -0.2) is 4.39 Å². The molecule has 1 saturated heterocycles. The zero-order chi connectivity index (χ0) is 19.3. The molecule has 0 bridgehead atoms. The highest BCUT2D eigenvalue weighted by Crippen LogP contribution is 2.24. The summed E-state index contributed by atoms with van der Waals surface area (Å²) in [5.74, 6) is 1.21. The van der Waals surface area contributed by atoms with Crippen LogP contribution in [-0.4, -0.2) is 34.7 Å². The Labute approximate surface area is 166 Å². The molecular weight excluding hydrogens is 385 g/mol. The highest BCUT2D eigenvalue weighted by molar-refractivity contribution is 6.30. The molecular formula is C20H19ClFN3O3. The van der Waals surface area contributed by atoms with Gasteiger partial charge >= 0.3 is 0 Å². The van der Waals surface area contributed by atoms with Crippen molar-refractivity contribution in [3.8, 4) is 5.75 Å². The van der Waals surface area contributed by atoms with Crippen molar-refractivity contribution in [2.75, 3.05) is 19.7 Å². The Kier molecular flexibility index (Phi) is 5.85. The van der Waals surface area contributed by atoms with Crippen molar-refractivity contribution >= 4 is 11.6 Å². The van der Waals surface area contributed by atoms with Gasteiger partial charge in [0.25, 0.3) is 0 Å². The van der Waals surface area contributed by atoms with Crippen molar-refractivity contribution in [2.45, 2.75) is 19.3 Å². The number of hydrogen-bond donors (Lipinski definition) is 0. The Bertz CT molecular complexity index is 902. The summed E-state index contributed by atoms with van der Waals surface area (Å²) in [5, 5.41) is 4.65. The molecule has 2 aromatic carbocycles. The van der Waals surface area contributed by atoms with E-state index in [-0.39, 0.29) is 18.5 Å². The first kappa shape index (κ1) is 18.9. The number of morpholine rings is 1. The molecule has 146 valence electrons. The SMILES string of the molecule is Fc1ccc(OCc2noc(CN3CCO[C@H](c4ccc(Cl)cc4)C3)n2)cc1. The monoisotopic (exact) mass is 403 g/mol. The number of ether oxygens (including phenoxy) is 2. The molecule has 4 rings (SSSR count). The number of aromatic nitrogens is 2. The van der Waals surface area contributed by atoms with Crippen LogP contribution in [0.2, 0.25) is 5.02 Å². The van der Waals surface area contributed by atoms with E-state index >= 15 is 0 Å². The average molecular weight is 404 g/mol. The normalized spacial score (nSPS) is 17.6. The largest absolute Gasteiger partial charge is 0.485 e. The molecule has 28 heavy (non-hydrogen) atoms. The van der Waals surface area contributed by atoms with Gasteiger partial charge in [-0.2, -0.15) is 4.98 Å². The molecule has 1 fully saturated rings. The van der Waals surface area contributed by atoms with Crippen LogP contribution in [0.5, 0.6) is 5.75 Å². The van der Waals surface area contributed by atoms with E-state index in [2.05, 4.69) is 15.0 Å². The maximum absolute atomic E-state index is 12.9. The lowest BCUT2D eigenvalue weighted by molar-refractivity contribution is -0.0355. The number of rotatable bonds is 6. The van der Waals surface area contributed by atoms with E-state index in [0.29, 0.717) is 35.6 Å². The predicted octanol–water partition coefficient (Wildman–Crippen LogP) is 4.01. The first-order valence-corrected chi connectivity index (χ1v) is 9.33. The second kappa shape index (κ2) is 8.68. The minimum atomic E-state index is -0.309. The van der Waals surface area contributed by atoms with Crippen molar-refractivity contribution in [1.82, 2.24) is 15.0 Å². The van der Waals surface area contributed by atoms with Crippen molar-refractivity contribution < 1.29 is 18.4 Å². The van der Waals surface area contributed by atoms with Gasteiger partial charge in [0, 0.05) is 18.1 Å². The summed E-state index contributed by atoms with van der Waals surface area (Å²) in [6.07, 6.45) is -0.0183. The van der Waals surface area contributed by atoms with Crippen LogP contribution in [0.15, 0.2) is 53.1 Å². The van der Waals surface area contributed by atoms with Crippen molar-refractivity contribution in [1.29, 1.82) is 0 Å². The zero-order valence-corrected chi connectivity index (χ0v) is 15.8. The third-order valence-corrected chi connectivity index (χ3v) is 4.69. The van der Waals surface area contributed by atoms with Gasteiger partial charge in [-0.1, -0.05) is 28.9 Å². The van der Waals surface area contributed by atoms with Gasteiger partial charge in [0.05, 0.1) is 19.3 Å². The van der Waals surface area contributed by atoms with Gasteiger partial charge in [0.15, 0.2) is 6.61 Å². The van der Waals surface area contributed by atoms with Gasteiger partial charge in [-0.3, -0.25) is 4.90 Å². The second-order valence-electron chi connectivity index (χ2n) is 6.49. The van der Waals surface area contributed by atoms with Gasteiger partial charge in [0.1, 0.15) is 11.6 Å². The van der Waals surface area contributed by atoms with Gasteiger partial charge in [-0.15, -0.1) is 0 Å². The summed E-state index contributed by atoms with van der Waals surface area (Å²) in [6.45, 7) is 2.84. The Morgan fingerprint density at radius 1 is 1.14 bits per heavy atom. The van der Waals surface area contributed by atoms with E-state index in [1.165, 1.54) is 12.1 Å². The van der Waals surface area contributed by atoms with Crippen LogP contribution < -0.4 is 4.74 Å². The molecule has 2 heterocycles. The van der Waals surface area contributed by atoms with Gasteiger partial charge in [0.2, 0.25) is 11.7 Å². The molecule has 0 saturated carbocycles. The maximum Gasteiger partial charge on any atom is 0.240 e. The van der Waals surface area contributed by atoms with E-state index in [4.69, 9.17) is 25.6 Å². The Balaban J connectivity index is 1.31. The molecule has 1 aliphatic rings. The number of halogens is 2. The van der Waals surface area contributed by atoms with E-state index in [9.17, 15) is 4.39 Å². The fourth-order valence-electron chi connectivity index (χ4n) is 3.01. The van der Waals surface area contributed by atoms with Crippen LogP contribution in [0, 0.1) is 5.82 Å². The maximum atomic E-state index is 12.9. The third-order valence-electron chi connectivity index (χ3n) is 4.44. The first-order valence-electron chi connectivity index (χ1n) is 8.95. The molecule has 1 aliphatic heterocycles. The zero-order valence-electron chi connectivity index (χ0n) is 15.1. The molecule has 6 nitrogen and oxygen atoms in total. The van der Waals surface area contributed by atoms with E-state index in [1.807, 2.05) is 24.3 Å². The molecule has 0 aliphatic carbocycles. The van der Waals surface area contributed by atoms with Crippen LogP contribution in [0.1, 0.15) is 23.4 Å². The summed E-state index contributed by atoms with van der Waals surface area (Å²) in [6, 6.07) is 13.5. The molecule has 1 atom stereocenters. The highest BCUT2D eigenvalue weighted by atomic mass is 35.5. The molecule has 0 N–H and O–H groups in total. The molecule has 3 aromatic rings. The first-order chi connectivity index (χ1) is 13.7. The van der Waals surface area contributed by atoms with Crippen molar-refractivity contribution in [3.05, 3.63) is 76.6 Å². The van der Waals surface area contributed by atoms with E-state index in [0.717, 1.165) is 18.7 Å². The van der Waals surface area contributed by atoms with Gasteiger partial charge < -0.3 is 14.0 Å². The Morgan fingerprint density at radius 2 is 1.93 bits per heavy atom. The lowest BCUT2D eigenvalue weighted by Crippen LogP contribution is -2.37. The topological polar surface area (TPSA) is 60.6 Å². The minimum absolute atomic E-state index is 0.0183. The van der Waals surface area contributed by atoms with Crippen LogP contribution in [0.25, 0.3) is 0 Å². The average Bonchev–Trinajstić information content (AvgIpc) is 3.16. The predicted molar refractivity (Wildman–Crippen MR) is 100 cm³/mol. The smallest absolute Gasteiger partial charge is 0.240 e. The fraction of sp³-hybridized carbons (Fsp3) is 0.300. The number of nitrogens with zero attached hydrogens (tertiary/aromatic N) is 3. The molecule has 0 spiro atoms.